The summed E-state index contributed by atoms with van der Waals surface area (Å²) in [6.45, 7) is -3.92. The first-order valence-electron chi connectivity index (χ1n) is 16.6. The highest BCUT2D eigenvalue weighted by atomic mass is 32.2. The predicted molar refractivity (Wildman–Crippen MR) is 133 cm³/mol. The molecule has 2 aliphatic rings. The van der Waals surface area contributed by atoms with Crippen molar-refractivity contribution < 1.29 is 39.5 Å². The lowest BCUT2D eigenvalue weighted by Crippen LogP contribution is -2.33. The fourth-order valence-corrected chi connectivity index (χ4v) is 4.51. The first-order valence-corrected chi connectivity index (χ1v) is 11.9. The Bertz CT molecular complexity index is 1710. The molecule has 0 unspecified atom stereocenters. The van der Waals surface area contributed by atoms with Crippen molar-refractivity contribution in [3.05, 3.63) is 35.1 Å². The molecule has 0 amide bonds. The number of anilines is 1. The minimum atomic E-state index is -3.45. The van der Waals surface area contributed by atoms with E-state index in [4.69, 9.17) is 19.8 Å². The molecule has 0 saturated heterocycles. The lowest BCUT2D eigenvalue weighted by Gasteiger charge is -2.17. The maximum absolute atomic E-state index is 14.8. The molecule has 36 heavy (non-hydrogen) atoms. The minimum absolute atomic E-state index is 0.0252. The normalized spacial score (nSPS) is 37.3. The molecule has 0 bridgehead atoms. The van der Waals surface area contributed by atoms with Gasteiger partial charge in [-0.1, -0.05) is 36.0 Å². The summed E-state index contributed by atoms with van der Waals surface area (Å²) in [5.74, 6) is -3.41. The van der Waals surface area contributed by atoms with Gasteiger partial charge in [0.25, 0.3) is 0 Å². The number of fused-ring (bicyclic) bond motifs is 1. The second-order valence-electron chi connectivity index (χ2n) is 8.26. The quantitative estimate of drug-likeness (QED) is 0.228. The number of aliphatic hydroxyl groups excluding tert-OH is 2. The SMILES string of the molecule is [2H]c1c([2H])c([C@]2([2H])C[C@@]2([2H])Nc2nc(SC([2H])([2H])CC)nc3c2nnn3[C@@H]2C[C@H](OC([2H])([2H])C([2H])([2H])O)[C@@H](O)[C@H]2O)c([2H])c(F)c1C. The molecule has 4 N–H and O–H groups in total. The molecule has 5 rings (SSSR count). The maximum atomic E-state index is 14.8. The number of hydrogen-bond donors (Lipinski definition) is 4. The Labute approximate surface area is 227 Å². The van der Waals surface area contributed by atoms with Gasteiger partial charge in [0.05, 0.1) is 36.2 Å². The topological polar surface area (TPSA) is 138 Å². The van der Waals surface area contributed by atoms with Crippen LogP contribution in [0.15, 0.2) is 23.3 Å². The van der Waals surface area contributed by atoms with E-state index in [-0.39, 0.29) is 47.0 Å². The number of nitrogens with zero attached hydrogens (tertiary/aromatic N) is 5. The van der Waals surface area contributed by atoms with E-state index < -0.39 is 84.6 Å². The molecule has 2 aliphatic carbocycles. The van der Waals surface area contributed by atoms with Gasteiger partial charge < -0.3 is 25.4 Å². The molecule has 6 atom stereocenters. The van der Waals surface area contributed by atoms with Crippen LogP contribution in [-0.2, 0) is 4.74 Å². The number of aromatic nitrogens is 5. The Morgan fingerprint density at radius 1 is 1.33 bits per heavy atom. The summed E-state index contributed by atoms with van der Waals surface area (Å²) in [4.78, 5) is 8.64. The Morgan fingerprint density at radius 3 is 2.94 bits per heavy atom. The predicted octanol–water partition coefficient (Wildman–Crippen LogP) is 2.18. The Kier molecular flexibility index (Phi) is 4.43. The van der Waals surface area contributed by atoms with Gasteiger partial charge in [-0.25, -0.2) is 19.0 Å². The fourth-order valence-electron chi connectivity index (χ4n) is 3.96. The number of nitrogens with one attached hydrogen (secondary N) is 1. The molecule has 194 valence electrons. The van der Waals surface area contributed by atoms with Crippen LogP contribution in [0.1, 0.15) is 64.3 Å². The molecular weight excluding hydrogens is 487 g/mol. The average Bonchev–Trinajstić information content (AvgIpc) is 3.20. The van der Waals surface area contributed by atoms with E-state index in [1.54, 1.807) is 6.92 Å². The van der Waals surface area contributed by atoms with Crippen LogP contribution in [0.2, 0.25) is 0 Å². The molecule has 2 aromatic heterocycles. The van der Waals surface area contributed by atoms with Crippen molar-refractivity contribution in [2.45, 2.75) is 74.5 Å². The van der Waals surface area contributed by atoms with Crippen molar-refractivity contribution in [3.8, 4) is 0 Å². The van der Waals surface area contributed by atoms with Crippen molar-refractivity contribution in [1.29, 1.82) is 0 Å². The zero-order valence-electron chi connectivity index (χ0n) is 30.2. The van der Waals surface area contributed by atoms with Crippen molar-refractivity contribution >= 4 is 28.7 Å². The van der Waals surface area contributed by atoms with Crippen LogP contribution in [0.3, 0.4) is 0 Å². The second kappa shape index (κ2) is 10.5. The lowest BCUT2D eigenvalue weighted by molar-refractivity contribution is -0.0629. The standard InChI is InChI=1S/C24H31FN6O4S/c1-3-8-36-24-27-22(26-16-10-14(16)13-5-4-12(2)15(25)9-13)19-23(28-24)31(30-29-19)17-11-18(35-7-6-32)21(34)20(17)33/h4-5,9,14,16-18,20-21,32-34H,3,6-8,10-11H2,1-2H3,(H,26,27,28)/t14-,16+,17+,18-,20-,21+/m0/s1/i4D,5D,6D2,7D2,8D2,9D,14D,16D. The van der Waals surface area contributed by atoms with Crippen molar-refractivity contribution in [2.24, 2.45) is 0 Å². The Morgan fingerprint density at radius 2 is 2.17 bits per heavy atom. The number of benzene rings is 1. The molecule has 0 spiro atoms. The van der Waals surface area contributed by atoms with Crippen LogP contribution in [0.4, 0.5) is 10.2 Å². The van der Waals surface area contributed by atoms with Crippen molar-refractivity contribution in [1.82, 2.24) is 25.0 Å². The van der Waals surface area contributed by atoms with E-state index in [0.717, 1.165) is 4.68 Å². The summed E-state index contributed by atoms with van der Waals surface area (Å²) >= 11 is 0.599. The molecular formula is C24H31FN6O4S. The van der Waals surface area contributed by atoms with Gasteiger partial charge in [0.1, 0.15) is 18.0 Å². The molecule has 1 aromatic carbocycles. The average molecular weight is 530 g/mol. The first kappa shape index (κ1) is 15.1. The molecule has 3 aromatic rings. The van der Waals surface area contributed by atoms with E-state index in [0.29, 0.717) is 11.8 Å². The smallest absolute Gasteiger partial charge is 0.191 e. The fraction of sp³-hybridized carbons (Fsp3) is 0.583. The third-order valence-corrected chi connectivity index (χ3v) is 6.68. The summed E-state index contributed by atoms with van der Waals surface area (Å²) in [5, 5.41) is 41.6. The summed E-state index contributed by atoms with van der Waals surface area (Å²) in [6, 6.07) is -5.14. The van der Waals surface area contributed by atoms with Crippen LogP contribution in [-0.4, -0.2) is 83.4 Å². The number of rotatable bonds is 10. The van der Waals surface area contributed by atoms with E-state index in [2.05, 4.69) is 25.6 Å². The van der Waals surface area contributed by atoms with E-state index in [1.807, 2.05) is 0 Å². The molecule has 2 heterocycles. The summed E-state index contributed by atoms with van der Waals surface area (Å²) in [7, 11) is 0. The van der Waals surface area contributed by atoms with Gasteiger partial charge in [0, 0.05) is 28.1 Å². The van der Waals surface area contributed by atoms with Gasteiger partial charge in [0.2, 0.25) is 0 Å². The van der Waals surface area contributed by atoms with Gasteiger partial charge in [0.15, 0.2) is 22.1 Å². The number of ether oxygens (including phenoxy) is 1. The van der Waals surface area contributed by atoms with Gasteiger partial charge in [-0.2, -0.15) is 0 Å². The molecule has 10 nitrogen and oxygen atoms in total. The number of halogens is 1. The summed E-state index contributed by atoms with van der Waals surface area (Å²) in [6.07, 6.45) is -5.71. The van der Waals surface area contributed by atoms with E-state index >= 15 is 0 Å². The lowest BCUT2D eigenvalue weighted by atomic mass is 10.1. The van der Waals surface area contributed by atoms with Gasteiger partial charge in [-0.15, -0.1) is 5.10 Å². The maximum Gasteiger partial charge on any atom is 0.191 e. The molecule has 0 aliphatic heterocycles. The first-order chi connectivity index (χ1) is 21.5. The van der Waals surface area contributed by atoms with Crippen LogP contribution in [0.25, 0.3) is 11.2 Å². The highest BCUT2D eigenvalue weighted by molar-refractivity contribution is 7.99. The second-order valence-corrected chi connectivity index (χ2v) is 9.12. The number of hydrogen-bond acceptors (Lipinski definition) is 10. The van der Waals surface area contributed by atoms with Crippen LogP contribution in [0, 0.1) is 12.7 Å². The highest BCUT2D eigenvalue weighted by Gasteiger charge is 2.45. The van der Waals surface area contributed by atoms with Crippen LogP contribution < -0.4 is 5.32 Å². The highest BCUT2D eigenvalue weighted by Crippen LogP contribution is 2.44. The van der Waals surface area contributed by atoms with Crippen LogP contribution in [0.5, 0.6) is 0 Å². The van der Waals surface area contributed by atoms with Crippen LogP contribution >= 0.6 is 11.8 Å². The largest absolute Gasteiger partial charge is 0.394 e. The van der Waals surface area contributed by atoms with Gasteiger partial charge in [-0.05, 0) is 36.9 Å². The Hall–Kier alpha value is -2.38. The van der Waals surface area contributed by atoms with Crippen molar-refractivity contribution in [3.63, 3.8) is 0 Å². The Balaban J connectivity index is 1.56. The molecule has 12 heteroatoms. The van der Waals surface area contributed by atoms with E-state index in [9.17, 15) is 19.7 Å². The van der Waals surface area contributed by atoms with E-state index in [1.165, 1.54) is 6.92 Å². The summed E-state index contributed by atoms with van der Waals surface area (Å²) < 4.78 is 110. The van der Waals surface area contributed by atoms with Gasteiger partial charge >= 0.3 is 0 Å². The number of aliphatic hydroxyl groups is 3. The minimum Gasteiger partial charge on any atom is -0.394 e. The monoisotopic (exact) mass is 529 g/mol. The van der Waals surface area contributed by atoms with Crippen molar-refractivity contribution in [2.75, 3.05) is 24.1 Å². The third kappa shape index (κ3) is 4.92. The molecule has 0 radical (unpaired) electrons. The van der Waals surface area contributed by atoms with Gasteiger partial charge in [-0.3, -0.25) is 0 Å². The third-order valence-electron chi connectivity index (χ3n) is 5.88. The zero-order chi connectivity index (χ0) is 35.2. The molecule has 2 fully saturated rings. The number of thioether (sulfide) groups is 1. The zero-order valence-corrected chi connectivity index (χ0v) is 20.0. The molecule has 2 saturated carbocycles. The summed E-state index contributed by atoms with van der Waals surface area (Å²) in [5.41, 5.74) is -2.89.